The van der Waals surface area contributed by atoms with Crippen LogP contribution in [-0.2, 0) is 41.6 Å². The van der Waals surface area contributed by atoms with Gasteiger partial charge in [0.1, 0.15) is 24.2 Å². The van der Waals surface area contributed by atoms with E-state index in [-0.39, 0.29) is 36.8 Å². The molecule has 2 saturated heterocycles. The van der Waals surface area contributed by atoms with E-state index in [9.17, 15) is 24.0 Å². The lowest BCUT2D eigenvalue weighted by Gasteiger charge is -2.42. The summed E-state index contributed by atoms with van der Waals surface area (Å²) in [4.78, 5) is 83.8. The monoisotopic (exact) mass is 893 g/mol. The number of methoxy groups -OCH3 is 1. The van der Waals surface area contributed by atoms with Crippen molar-refractivity contribution < 1.29 is 33.4 Å². The topological polar surface area (TPSA) is 172 Å². The van der Waals surface area contributed by atoms with Crippen LogP contribution in [0.25, 0.3) is 33.4 Å². The van der Waals surface area contributed by atoms with Crippen LogP contribution < -0.4 is 10.7 Å². The zero-order chi connectivity index (χ0) is 45.6. The van der Waals surface area contributed by atoms with E-state index < -0.39 is 47.4 Å². The first-order valence-electron chi connectivity index (χ1n) is 22.2. The van der Waals surface area contributed by atoms with Crippen LogP contribution in [0.2, 0.25) is 0 Å². The summed E-state index contributed by atoms with van der Waals surface area (Å²) >= 11 is 1.40. The molecule has 6 heterocycles. The second-order valence-corrected chi connectivity index (χ2v) is 19.2. The van der Waals surface area contributed by atoms with Crippen molar-refractivity contribution in [1.29, 1.82) is 0 Å². The minimum Gasteiger partial charge on any atom is -0.464 e. The van der Waals surface area contributed by atoms with Crippen molar-refractivity contribution in [3.8, 4) is 22.5 Å². The molecule has 0 saturated carbocycles. The van der Waals surface area contributed by atoms with E-state index in [4.69, 9.17) is 19.4 Å². The molecule has 5 amide bonds. The van der Waals surface area contributed by atoms with Crippen LogP contribution in [0, 0.1) is 11.3 Å². The Hall–Kier alpha value is -5.65. The average molecular weight is 894 g/mol. The van der Waals surface area contributed by atoms with Crippen LogP contribution in [-0.4, -0.2) is 136 Å². The molecule has 64 heavy (non-hydrogen) atoms. The number of hydrazine groups is 1. The number of aromatic nitrogens is 3. The third-order valence-corrected chi connectivity index (χ3v) is 14.2. The highest BCUT2D eigenvalue weighted by molar-refractivity contribution is 7.10. The molecule has 2 fully saturated rings. The second-order valence-electron chi connectivity index (χ2n) is 18.2. The number of aryl methyl sites for hydroxylation is 1. The summed E-state index contributed by atoms with van der Waals surface area (Å²) in [7, 11) is 3.29. The number of urea groups is 1. The number of thiazole rings is 1. The Morgan fingerprint density at radius 3 is 2.58 bits per heavy atom. The second kappa shape index (κ2) is 18.1. The minimum atomic E-state index is -1.08. The van der Waals surface area contributed by atoms with Gasteiger partial charge in [0.15, 0.2) is 0 Å². The van der Waals surface area contributed by atoms with Crippen LogP contribution in [0.1, 0.15) is 75.7 Å². The number of esters is 1. The van der Waals surface area contributed by atoms with Crippen LogP contribution in [0.4, 0.5) is 4.79 Å². The standard InChI is InChI=1S/C47H59N9O7S/c1-9-36(57)53-19-21-54(22-20-53)46(61)52(7)40(27(3)4)43(58)50-32-24-35-49-33(25-64-35)28-15-16-34-30(23-28)37-38(42(62-8)39-29(13-11-17-48-39)41(37)55(34)10-2)47(5,6)26-63-45(60)31-14-12-18-56(51-31)44(32)59/h9,11,13,15-17,23,25,27,31-32,38,40,42,51H,1,10,12,14,18-22,24,26H2,2-8H3,(H,50,58)/t31-,32-,38?,40-,42-/m0/s1. The quantitative estimate of drug-likeness (QED) is 0.187. The Morgan fingerprint density at radius 2 is 1.88 bits per heavy atom. The van der Waals surface area contributed by atoms with Gasteiger partial charge in [-0.2, -0.15) is 0 Å². The fourth-order valence-corrected chi connectivity index (χ4v) is 11.0. The molecule has 0 radical (unpaired) electrons. The Labute approximate surface area is 377 Å². The number of amides is 5. The molecule has 1 unspecified atom stereocenters. The number of ether oxygens (including phenoxy) is 2. The molecule has 5 atom stereocenters. The van der Waals surface area contributed by atoms with Gasteiger partial charge in [-0.25, -0.2) is 15.2 Å². The van der Waals surface area contributed by atoms with Crippen molar-refractivity contribution >= 4 is 52.0 Å². The van der Waals surface area contributed by atoms with Gasteiger partial charge < -0.3 is 34.1 Å². The highest BCUT2D eigenvalue weighted by atomic mass is 32.1. The Bertz CT molecular complexity index is 2470. The van der Waals surface area contributed by atoms with Crippen LogP contribution in [0.3, 0.4) is 0 Å². The predicted molar refractivity (Wildman–Crippen MR) is 243 cm³/mol. The lowest BCUT2D eigenvalue weighted by molar-refractivity contribution is -0.156. The molecule has 340 valence electrons. The first kappa shape index (κ1) is 44.9. The van der Waals surface area contributed by atoms with E-state index in [1.165, 1.54) is 27.3 Å². The van der Waals surface area contributed by atoms with E-state index in [1.54, 1.807) is 30.2 Å². The van der Waals surface area contributed by atoms with Crippen molar-refractivity contribution in [1.82, 2.24) is 45.0 Å². The maximum Gasteiger partial charge on any atom is 0.324 e. The van der Waals surface area contributed by atoms with Gasteiger partial charge in [0.2, 0.25) is 11.8 Å². The SMILES string of the molecule is C=CC(=O)N1CCN(C(=O)N(C)[C@H](C(=O)N[C@H]2Cc3nc(cs3)-c3ccc4c(c3)c3c(n4CC)-c4cccnc4[C@@H](OC)C3C(C)(C)COC(=O)[C@@H]3CCCN(N3)C2=O)C(C)C)CC1. The molecule has 3 aromatic heterocycles. The zero-order valence-electron chi connectivity index (χ0n) is 37.8. The van der Waals surface area contributed by atoms with Gasteiger partial charge in [-0.3, -0.25) is 29.2 Å². The molecule has 4 aliphatic rings. The van der Waals surface area contributed by atoms with Crippen LogP contribution >= 0.6 is 11.3 Å². The van der Waals surface area contributed by atoms with E-state index in [2.05, 4.69) is 66.9 Å². The normalized spacial score (nSPS) is 22.7. The first-order chi connectivity index (χ1) is 30.7. The van der Waals surface area contributed by atoms with Gasteiger partial charge in [-0.15, -0.1) is 11.3 Å². The minimum absolute atomic E-state index is 0.0716. The van der Waals surface area contributed by atoms with Gasteiger partial charge >= 0.3 is 12.0 Å². The number of hydrogen-bond donors (Lipinski definition) is 2. The maximum absolute atomic E-state index is 14.7. The van der Waals surface area contributed by atoms with Crippen molar-refractivity contribution in [3.63, 3.8) is 0 Å². The number of hydrogen-bond acceptors (Lipinski definition) is 11. The van der Waals surface area contributed by atoms with Gasteiger partial charge in [0.05, 0.1) is 28.7 Å². The highest BCUT2D eigenvalue weighted by Crippen LogP contribution is 2.57. The number of rotatable bonds is 7. The molecule has 3 aliphatic heterocycles. The fourth-order valence-electron chi connectivity index (χ4n) is 10.1. The molecular weight excluding hydrogens is 835 g/mol. The molecular formula is C47H59N9O7S. The Kier molecular flexibility index (Phi) is 12.7. The molecule has 0 spiro atoms. The Morgan fingerprint density at radius 1 is 1.12 bits per heavy atom. The summed E-state index contributed by atoms with van der Waals surface area (Å²) in [5.74, 6) is -2.17. The van der Waals surface area contributed by atoms with E-state index in [1.807, 2.05) is 25.3 Å². The lowest BCUT2D eigenvalue weighted by atomic mass is 9.67. The summed E-state index contributed by atoms with van der Waals surface area (Å²) < 4.78 is 14.9. The van der Waals surface area contributed by atoms with Crippen LogP contribution in [0.5, 0.6) is 0 Å². The molecule has 4 aromatic rings. The van der Waals surface area contributed by atoms with Gasteiger partial charge in [-0.1, -0.05) is 40.3 Å². The fraction of sp³-hybridized carbons (Fsp3) is 0.511. The number of cyclic esters (lactones) is 1. The van der Waals surface area contributed by atoms with E-state index in [0.717, 1.165) is 44.7 Å². The van der Waals surface area contributed by atoms with Crippen molar-refractivity contribution in [2.24, 2.45) is 11.3 Å². The summed E-state index contributed by atoms with van der Waals surface area (Å²) in [5.41, 5.74) is 9.20. The zero-order valence-corrected chi connectivity index (χ0v) is 38.6. The van der Waals surface area contributed by atoms with Crippen molar-refractivity contribution in [3.05, 3.63) is 70.8 Å². The molecule has 16 nitrogen and oxygen atoms in total. The largest absolute Gasteiger partial charge is 0.464 e. The summed E-state index contributed by atoms with van der Waals surface area (Å²) in [6.07, 6.45) is 3.67. The smallest absolute Gasteiger partial charge is 0.324 e. The maximum atomic E-state index is 14.7. The highest BCUT2D eigenvalue weighted by Gasteiger charge is 2.48. The van der Waals surface area contributed by atoms with Crippen LogP contribution in [0.15, 0.2) is 54.6 Å². The molecule has 8 rings (SSSR count). The van der Waals surface area contributed by atoms with Crippen molar-refractivity contribution in [2.45, 2.75) is 90.6 Å². The van der Waals surface area contributed by atoms with Gasteiger partial charge in [0, 0.05) is 105 Å². The third-order valence-electron chi connectivity index (χ3n) is 13.3. The number of nitrogens with one attached hydrogen (secondary N) is 2. The Balaban J connectivity index is 1.16. The number of nitrogens with zero attached hydrogens (tertiary/aromatic N) is 7. The van der Waals surface area contributed by atoms with Gasteiger partial charge in [0.25, 0.3) is 5.91 Å². The molecule has 17 heteroatoms. The number of fused-ring (bicyclic) bond motifs is 8. The third kappa shape index (κ3) is 8.17. The number of piperazine rings is 1. The molecule has 1 aromatic carbocycles. The van der Waals surface area contributed by atoms with Crippen molar-refractivity contribution in [2.75, 3.05) is 53.5 Å². The number of benzene rings is 1. The van der Waals surface area contributed by atoms with Gasteiger partial charge in [-0.05, 0) is 61.6 Å². The predicted octanol–water partition coefficient (Wildman–Crippen LogP) is 5.14. The summed E-state index contributed by atoms with van der Waals surface area (Å²) in [5, 5.41) is 8.08. The summed E-state index contributed by atoms with van der Waals surface area (Å²) in [6.45, 7) is 16.0. The number of carbonyl (C=O) groups is 5. The summed E-state index contributed by atoms with van der Waals surface area (Å²) in [6, 6.07) is 7.25. The number of carbonyl (C=O) groups excluding carboxylic acids is 5. The lowest BCUT2D eigenvalue weighted by Crippen LogP contribution is -2.63. The first-order valence-corrected chi connectivity index (χ1v) is 23.1. The average Bonchev–Trinajstić information content (AvgIpc) is 3.91. The van der Waals surface area contributed by atoms with E-state index in [0.29, 0.717) is 57.1 Å². The molecule has 2 N–H and O–H groups in total. The number of likely N-dealkylation sites (N-methyl/N-ethyl adjacent to an activating group) is 1. The molecule has 1 aliphatic carbocycles. The molecule has 6 bridgehead atoms. The van der Waals surface area contributed by atoms with E-state index >= 15 is 0 Å². The number of pyridine rings is 1.